The number of aryl methyl sites for hydroxylation is 2. The number of hydrogen-bond donors (Lipinski definition) is 2. The second-order valence-corrected chi connectivity index (χ2v) is 4.63. The summed E-state index contributed by atoms with van der Waals surface area (Å²) in [7, 11) is 0. The lowest BCUT2D eigenvalue weighted by atomic mass is 10.1. The lowest BCUT2D eigenvalue weighted by Gasteiger charge is -2.15. The van der Waals surface area contributed by atoms with Gasteiger partial charge in [0, 0.05) is 11.8 Å². The van der Waals surface area contributed by atoms with Gasteiger partial charge in [0.2, 0.25) is 0 Å². The van der Waals surface area contributed by atoms with E-state index in [4.69, 9.17) is 21.9 Å². The van der Waals surface area contributed by atoms with E-state index in [2.05, 4.69) is 15.5 Å². The molecule has 0 saturated heterocycles. The molecule has 1 unspecified atom stereocenters. The third kappa shape index (κ3) is 2.41. The average Bonchev–Trinajstić information content (AvgIpc) is 2.62. The number of nitrogens with zero attached hydrogens (tertiary/aromatic N) is 2. The van der Waals surface area contributed by atoms with E-state index >= 15 is 0 Å². The van der Waals surface area contributed by atoms with Crippen molar-refractivity contribution in [1.29, 1.82) is 0 Å². The third-order valence-corrected chi connectivity index (χ3v) is 2.97. The zero-order valence-electron chi connectivity index (χ0n) is 10.5. The van der Waals surface area contributed by atoms with Crippen LogP contribution < -0.4 is 11.1 Å². The van der Waals surface area contributed by atoms with Crippen molar-refractivity contribution in [1.82, 2.24) is 10.1 Å². The number of halogens is 1. The molecule has 0 aliphatic rings. The maximum absolute atomic E-state index is 5.85. The first-order valence-corrected chi connectivity index (χ1v) is 5.97. The SMILES string of the molecule is Cc1noc(C)c1C(C)Nc1ncc(Cl)cc1N. The van der Waals surface area contributed by atoms with Gasteiger partial charge in [-0.1, -0.05) is 16.8 Å². The second kappa shape index (κ2) is 4.86. The van der Waals surface area contributed by atoms with Gasteiger partial charge in [0.25, 0.3) is 0 Å². The molecule has 0 aliphatic heterocycles. The maximum Gasteiger partial charge on any atom is 0.149 e. The Balaban J connectivity index is 2.24. The van der Waals surface area contributed by atoms with E-state index in [0.717, 1.165) is 17.0 Å². The fourth-order valence-corrected chi connectivity index (χ4v) is 2.13. The summed E-state index contributed by atoms with van der Waals surface area (Å²) < 4.78 is 5.14. The van der Waals surface area contributed by atoms with Crippen molar-refractivity contribution in [3.05, 3.63) is 34.3 Å². The first-order chi connectivity index (χ1) is 8.49. The van der Waals surface area contributed by atoms with Crippen LogP contribution in [0.15, 0.2) is 16.8 Å². The Kier molecular flexibility index (Phi) is 3.43. The van der Waals surface area contributed by atoms with Gasteiger partial charge in [0.15, 0.2) is 0 Å². The summed E-state index contributed by atoms with van der Waals surface area (Å²) in [4.78, 5) is 4.17. The molecule has 6 heteroatoms. The minimum atomic E-state index is 0.00669. The first kappa shape index (κ1) is 12.7. The van der Waals surface area contributed by atoms with Gasteiger partial charge in [-0.15, -0.1) is 0 Å². The van der Waals surface area contributed by atoms with Gasteiger partial charge in [-0.05, 0) is 26.8 Å². The zero-order chi connectivity index (χ0) is 13.3. The second-order valence-electron chi connectivity index (χ2n) is 4.20. The van der Waals surface area contributed by atoms with Crippen LogP contribution in [-0.2, 0) is 0 Å². The van der Waals surface area contributed by atoms with E-state index in [1.54, 1.807) is 12.3 Å². The summed E-state index contributed by atoms with van der Waals surface area (Å²) in [5.74, 6) is 1.40. The summed E-state index contributed by atoms with van der Waals surface area (Å²) in [6.45, 7) is 5.79. The molecule has 0 saturated carbocycles. The number of nitrogens with one attached hydrogen (secondary N) is 1. The molecule has 5 nitrogen and oxygen atoms in total. The molecule has 18 heavy (non-hydrogen) atoms. The molecular weight excluding hydrogens is 252 g/mol. The predicted octanol–water partition coefficient (Wildman–Crippen LogP) is 3.10. The van der Waals surface area contributed by atoms with Crippen LogP contribution in [0.25, 0.3) is 0 Å². The summed E-state index contributed by atoms with van der Waals surface area (Å²) >= 11 is 5.81. The lowest BCUT2D eigenvalue weighted by Crippen LogP contribution is -2.11. The summed E-state index contributed by atoms with van der Waals surface area (Å²) in [5.41, 5.74) is 8.25. The quantitative estimate of drug-likeness (QED) is 0.893. The molecule has 0 radical (unpaired) electrons. The van der Waals surface area contributed by atoms with Crippen molar-refractivity contribution in [2.45, 2.75) is 26.8 Å². The highest BCUT2D eigenvalue weighted by Gasteiger charge is 2.17. The summed E-state index contributed by atoms with van der Waals surface area (Å²) in [5, 5.41) is 7.67. The Labute approximate surface area is 110 Å². The molecule has 0 fully saturated rings. The number of aromatic nitrogens is 2. The van der Waals surface area contributed by atoms with Crippen molar-refractivity contribution in [3.8, 4) is 0 Å². The van der Waals surface area contributed by atoms with Crippen LogP contribution in [0.2, 0.25) is 5.02 Å². The average molecular weight is 267 g/mol. The van der Waals surface area contributed by atoms with Crippen LogP contribution in [0.4, 0.5) is 11.5 Å². The fraction of sp³-hybridized carbons (Fsp3) is 0.333. The van der Waals surface area contributed by atoms with Gasteiger partial charge in [-0.3, -0.25) is 0 Å². The zero-order valence-corrected chi connectivity index (χ0v) is 11.2. The molecule has 2 rings (SSSR count). The molecule has 0 bridgehead atoms. The Morgan fingerprint density at radius 2 is 2.17 bits per heavy atom. The number of rotatable bonds is 3. The van der Waals surface area contributed by atoms with Gasteiger partial charge in [0.05, 0.1) is 22.4 Å². The minimum Gasteiger partial charge on any atom is -0.396 e. The van der Waals surface area contributed by atoms with Gasteiger partial charge in [-0.2, -0.15) is 0 Å². The molecule has 0 aliphatic carbocycles. The Hall–Kier alpha value is -1.75. The third-order valence-electron chi connectivity index (χ3n) is 2.76. The van der Waals surface area contributed by atoms with Gasteiger partial charge >= 0.3 is 0 Å². The standard InChI is InChI=1S/C12H15ClN4O/c1-6(11-7(2)17-18-8(11)3)16-12-10(14)4-9(13)5-15-12/h4-6H,14H2,1-3H3,(H,15,16). The van der Waals surface area contributed by atoms with Crippen molar-refractivity contribution >= 4 is 23.1 Å². The lowest BCUT2D eigenvalue weighted by molar-refractivity contribution is 0.392. The number of anilines is 2. The molecule has 1 atom stereocenters. The van der Waals surface area contributed by atoms with Crippen molar-refractivity contribution in [3.63, 3.8) is 0 Å². The monoisotopic (exact) mass is 266 g/mol. The van der Waals surface area contributed by atoms with Crippen LogP contribution >= 0.6 is 11.6 Å². The van der Waals surface area contributed by atoms with Crippen LogP contribution in [0.3, 0.4) is 0 Å². The highest BCUT2D eigenvalue weighted by Crippen LogP contribution is 2.27. The molecule has 2 heterocycles. The van der Waals surface area contributed by atoms with E-state index in [1.807, 2.05) is 20.8 Å². The highest BCUT2D eigenvalue weighted by molar-refractivity contribution is 6.30. The molecule has 2 aromatic heterocycles. The molecule has 96 valence electrons. The van der Waals surface area contributed by atoms with Crippen molar-refractivity contribution in [2.75, 3.05) is 11.1 Å². The van der Waals surface area contributed by atoms with Crippen LogP contribution in [0, 0.1) is 13.8 Å². The molecule has 0 amide bonds. The Bertz CT molecular complexity index is 548. The number of nitrogens with two attached hydrogens (primary N) is 1. The van der Waals surface area contributed by atoms with E-state index in [9.17, 15) is 0 Å². The maximum atomic E-state index is 5.85. The smallest absolute Gasteiger partial charge is 0.149 e. The van der Waals surface area contributed by atoms with E-state index in [-0.39, 0.29) is 6.04 Å². The molecule has 0 spiro atoms. The molecular formula is C12H15ClN4O. The van der Waals surface area contributed by atoms with Crippen molar-refractivity contribution < 1.29 is 4.52 Å². The van der Waals surface area contributed by atoms with Crippen LogP contribution in [-0.4, -0.2) is 10.1 Å². The topological polar surface area (TPSA) is 77.0 Å². The van der Waals surface area contributed by atoms with Crippen LogP contribution in [0.1, 0.15) is 30.0 Å². The van der Waals surface area contributed by atoms with Crippen molar-refractivity contribution in [2.24, 2.45) is 0 Å². The summed E-state index contributed by atoms with van der Waals surface area (Å²) in [6.07, 6.45) is 1.56. The first-order valence-electron chi connectivity index (χ1n) is 5.59. The highest BCUT2D eigenvalue weighted by atomic mass is 35.5. The fourth-order valence-electron chi connectivity index (χ4n) is 1.96. The van der Waals surface area contributed by atoms with Gasteiger partial charge < -0.3 is 15.6 Å². The molecule has 2 aromatic rings. The van der Waals surface area contributed by atoms with Gasteiger partial charge in [0.1, 0.15) is 11.6 Å². The number of nitrogen functional groups attached to an aromatic ring is 1. The van der Waals surface area contributed by atoms with E-state index in [0.29, 0.717) is 16.5 Å². The number of pyridine rings is 1. The minimum absolute atomic E-state index is 0.00669. The normalized spacial score (nSPS) is 12.4. The van der Waals surface area contributed by atoms with E-state index < -0.39 is 0 Å². The largest absolute Gasteiger partial charge is 0.396 e. The predicted molar refractivity (Wildman–Crippen MR) is 71.7 cm³/mol. The number of hydrogen-bond acceptors (Lipinski definition) is 5. The molecule has 3 N–H and O–H groups in total. The summed E-state index contributed by atoms with van der Waals surface area (Å²) in [6, 6.07) is 1.67. The molecule has 0 aromatic carbocycles. The van der Waals surface area contributed by atoms with Gasteiger partial charge in [-0.25, -0.2) is 4.98 Å². The van der Waals surface area contributed by atoms with E-state index in [1.165, 1.54) is 0 Å². The Morgan fingerprint density at radius 3 is 2.72 bits per heavy atom. The van der Waals surface area contributed by atoms with Crippen LogP contribution in [0.5, 0.6) is 0 Å². The Morgan fingerprint density at radius 1 is 1.44 bits per heavy atom.